The highest BCUT2D eigenvalue weighted by molar-refractivity contribution is 6.30. The number of hydrogen-bond acceptors (Lipinski definition) is 4. The van der Waals surface area contributed by atoms with Crippen molar-refractivity contribution in [1.29, 1.82) is 0 Å². The van der Waals surface area contributed by atoms with Crippen molar-refractivity contribution in [2.75, 3.05) is 26.2 Å². The molecule has 2 aliphatic heterocycles. The Balaban J connectivity index is 1.47. The predicted octanol–water partition coefficient (Wildman–Crippen LogP) is 5.21. The molecule has 0 radical (unpaired) electrons. The Bertz CT molecular complexity index is 1280. The molecule has 3 aromatic rings. The second-order valence-electron chi connectivity index (χ2n) is 9.44. The summed E-state index contributed by atoms with van der Waals surface area (Å²) in [6.45, 7) is 2.82. The lowest BCUT2D eigenvalue weighted by Crippen LogP contribution is -2.40. The molecule has 3 heterocycles. The zero-order valence-corrected chi connectivity index (χ0v) is 20.8. The summed E-state index contributed by atoms with van der Waals surface area (Å²) in [6, 6.07) is 13.9. The number of likely N-dealkylation sites (tertiary alicyclic amines) is 1. The topological polar surface area (TPSA) is 62.7 Å². The van der Waals surface area contributed by atoms with Gasteiger partial charge in [-0.15, -0.1) is 0 Å². The van der Waals surface area contributed by atoms with Crippen LogP contribution in [0.25, 0.3) is 22.2 Å². The summed E-state index contributed by atoms with van der Waals surface area (Å²) in [7, 11) is 0. The van der Waals surface area contributed by atoms with E-state index in [9.17, 15) is 14.0 Å². The van der Waals surface area contributed by atoms with E-state index in [0.29, 0.717) is 61.7 Å². The van der Waals surface area contributed by atoms with E-state index in [1.54, 1.807) is 12.1 Å². The number of carbonyl (C=O) groups is 2. The van der Waals surface area contributed by atoms with Crippen LogP contribution < -0.4 is 0 Å². The first kappa shape index (κ1) is 24.7. The molecule has 2 aliphatic rings. The smallest absolute Gasteiger partial charge is 0.252 e. The number of aromatic nitrogens is 1. The molecule has 1 atom stereocenters. The van der Waals surface area contributed by atoms with Crippen LogP contribution >= 0.6 is 11.6 Å². The maximum absolute atomic E-state index is 14.0. The van der Waals surface area contributed by atoms with Crippen molar-refractivity contribution in [3.63, 3.8) is 0 Å². The molecule has 2 amide bonds. The molecule has 5 rings (SSSR count). The number of hydrogen-bond donors (Lipinski definition) is 0. The number of pyridine rings is 1. The highest BCUT2D eigenvalue weighted by atomic mass is 35.5. The second kappa shape index (κ2) is 10.9. The Morgan fingerprint density at radius 2 is 2.08 bits per heavy atom. The van der Waals surface area contributed by atoms with Gasteiger partial charge in [-0.25, -0.2) is 9.37 Å². The van der Waals surface area contributed by atoms with Crippen LogP contribution in [-0.4, -0.2) is 58.9 Å². The quantitative estimate of drug-likeness (QED) is 0.418. The Morgan fingerprint density at radius 3 is 2.83 bits per heavy atom. The first-order valence-corrected chi connectivity index (χ1v) is 12.9. The second-order valence-corrected chi connectivity index (χ2v) is 9.88. The Hall–Kier alpha value is -3.03. The number of rotatable bonds is 8. The van der Waals surface area contributed by atoms with E-state index in [1.807, 2.05) is 34.1 Å². The third kappa shape index (κ3) is 5.52. The number of amides is 2. The summed E-state index contributed by atoms with van der Waals surface area (Å²) < 4.78 is 19.7. The fourth-order valence-corrected chi connectivity index (χ4v) is 5.22. The van der Waals surface area contributed by atoms with Crippen molar-refractivity contribution in [1.82, 2.24) is 14.8 Å². The fourth-order valence-electron chi connectivity index (χ4n) is 5.03. The number of carbonyl (C=O) groups excluding carboxylic acids is 2. The van der Waals surface area contributed by atoms with Crippen molar-refractivity contribution >= 4 is 34.3 Å². The third-order valence-electron chi connectivity index (χ3n) is 6.86. The minimum atomic E-state index is -0.449. The number of nitrogens with zero attached hydrogens (tertiary/aromatic N) is 3. The Kier molecular flexibility index (Phi) is 7.48. The lowest BCUT2D eigenvalue weighted by Gasteiger charge is -2.27. The number of fused-ring (bicyclic) bond motifs is 1. The zero-order valence-electron chi connectivity index (χ0n) is 20.1. The van der Waals surface area contributed by atoms with Gasteiger partial charge in [0.25, 0.3) is 5.91 Å². The molecule has 0 N–H and O–H groups in total. The SMILES string of the molecule is O=C1CCCN1CCCN(Cc1cc2ccc(F)cc2nc1-c1cccc(Cl)c1)C(=O)[C@@H]1CCCO1. The number of halogens is 2. The van der Waals surface area contributed by atoms with Crippen LogP contribution in [-0.2, 0) is 20.9 Å². The summed E-state index contributed by atoms with van der Waals surface area (Å²) in [5, 5.41) is 1.37. The third-order valence-corrected chi connectivity index (χ3v) is 7.10. The summed E-state index contributed by atoms with van der Waals surface area (Å²) in [5.74, 6) is -0.218. The van der Waals surface area contributed by atoms with Crippen LogP contribution in [0, 0.1) is 5.82 Å². The molecule has 2 fully saturated rings. The maximum Gasteiger partial charge on any atom is 0.252 e. The average Bonchev–Trinajstić information content (AvgIpc) is 3.55. The lowest BCUT2D eigenvalue weighted by atomic mass is 10.0. The van der Waals surface area contributed by atoms with Crippen molar-refractivity contribution in [3.05, 3.63) is 64.9 Å². The highest BCUT2D eigenvalue weighted by Crippen LogP contribution is 2.30. The van der Waals surface area contributed by atoms with Crippen LogP contribution in [0.3, 0.4) is 0 Å². The summed E-state index contributed by atoms with van der Waals surface area (Å²) in [4.78, 5) is 34.0. The highest BCUT2D eigenvalue weighted by Gasteiger charge is 2.29. The van der Waals surface area contributed by atoms with Crippen LogP contribution in [0.2, 0.25) is 5.02 Å². The molecular formula is C28H29ClFN3O3. The van der Waals surface area contributed by atoms with Gasteiger partial charge in [0.15, 0.2) is 0 Å². The molecule has 2 saturated heterocycles. The first-order chi connectivity index (χ1) is 17.5. The van der Waals surface area contributed by atoms with Gasteiger partial charge in [-0.1, -0.05) is 23.7 Å². The van der Waals surface area contributed by atoms with Gasteiger partial charge in [-0.05, 0) is 61.6 Å². The number of benzene rings is 2. The van der Waals surface area contributed by atoms with Crippen LogP contribution in [0.1, 0.15) is 37.7 Å². The summed E-state index contributed by atoms with van der Waals surface area (Å²) in [6.07, 6.45) is 3.30. The molecule has 2 aromatic carbocycles. The van der Waals surface area contributed by atoms with Crippen molar-refractivity contribution in [2.24, 2.45) is 0 Å². The first-order valence-electron chi connectivity index (χ1n) is 12.5. The summed E-state index contributed by atoms with van der Waals surface area (Å²) >= 11 is 6.27. The molecule has 0 aliphatic carbocycles. The monoisotopic (exact) mass is 509 g/mol. The van der Waals surface area contributed by atoms with E-state index in [0.717, 1.165) is 35.9 Å². The normalized spacial score (nSPS) is 17.8. The van der Waals surface area contributed by atoms with E-state index in [-0.39, 0.29) is 17.6 Å². The van der Waals surface area contributed by atoms with Crippen molar-refractivity contribution in [3.8, 4) is 11.3 Å². The largest absolute Gasteiger partial charge is 0.368 e. The van der Waals surface area contributed by atoms with Crippen LogP contribution in [0.15, 0.2) is 48.5 Å². The zero-order chi connectivity index (χ0) is 25.1. The van der Waals surface area contributed by atoms with Gasteiger partial charge in [-0.3, -0.25) is 9.59 Å². The Morgan fingerprint density at radius 1 is 1.19 bits per heavy atom. The Labute approximate surface area is 215 Å². The molecule has 6 nitrogen and oxygen atoms in total. The fraction of sp³-hybridized carbons (Fsp3) is 0.393. The number of ether oxygens (including phenoxy) is 1. The van der Waals surface area contributed by atoms with Crippen molar-refractivity contribution in [2.45, 2.75) is 44.8 Å². The van der Waals surface area contributed by atoms with Crippen LogP contribution in [0.5, 0.6) is 0 Å². The molecule has 0 bridgehead atoms. The lowest BCUT2D eigenvalue weighted by molar-refractivity contribution is -0.141. The van der Waals surface area contributed by atoms with E-state index in [4.69, 9.17) is 21.3 Å². The minimum absolute atomic E-state index is 0.0449. The summed E-state index contributed by atoms with van der Waals surface area (Å²) in [5.41, 5.74) is 2.85. The van der Waals surface area contributed by atoms with Gasteiger partial charge in [-0.2, -0.15) is 0 Å². The van der Waals surface area contributed by atoms with Crippen LogP contribution in [0.4, 0.5) is 4.39 Å². The maximum atomic E-state index is 14.0. The van der Waals surface area contributed by atoms with E-state index in [1.165, 1.54) is 12.1 Å². The molecule has 1 aromatic heterocycles. The van der Waals surface area contributed by atoms with E-state index in [2.05, 4.69) is 0 Å². The van der Waals surface area contributed by atoms with E-state index < -0.39 is 6.10 Å². The minimum Gasteiger partial charge on any atom is -0.368 e. The molecule has 36 heavy (non-hydrogen) atoms. The molecule has 8 heteroatoms. The molecular weight excluding hydrogens is 481 g/mol. The standard InChI is InChI=1S/C28H29ClFN3O3/c29-22-6-1-5-20(16-22)27-21(15-19-9-10-23(30)17-24(19)31-27)18-33(28(35)25-7-3-14-36-25)13-4-12-32-11-2-8-26(32)34/h1,5-6,9-10,15-17,25H,2-4,7-8,11-14,18H2/t25-/m0/s1. The molecule has 0 saturated carbocycles. The van der Waals surface area contributed by atoms with Gasteiger partial charge in [0.05, 0.1) is 11.2 Å². The van der Waals surface area contributed by atoms with Gasteiger partial charge in [0.2, 0.25) is 5.91 Å². The molecule has 0 spiro atoms. The van der Waals surface area contributed by atoms with Gasteiger partial charge in [0, 0.05) is 61.2 Å². The molecule has 188 valence electrons. The van der Waals surface area contributed by atoms with Gasteiger partial charge < -0.3 is 14.5 Å². The van der Waals surface area contributed by atoms with Crippen molar-refractivity contribution < 1.29 is 18.7 Å². The average molecular weight is 510 g/mol. The van der Waals surface area contributed by atoms with E-state index >= 15 is 0 Å². The van der Waals surface area contributed by atoms with Gasteiger partial charge in [0.1, 0.15) is 11.9 Å². The molecule has 0 unspecified atom stereocenters. The predicted molar refractivity (Wildman–Crippen MR) is 137 cm³/mol. The van der Waals surface area contributed by atoms with Gasteiger partial charge >= 0.3 is 0 Å².